The minimum atomic E-state index is -1.80. The van der Waals surface area contributed by atoms with Crippen LogP contribution >= 0.6 is 50.7 Å². The van der Waals surface area contributed by atoms with Crippen molar-refractivity contribution in [2.45, 2.75) is 14.8 Å². The Hall–Kier alpha value is -0.590. The first-order chi connectivity index (χ1) is 11.3. The Labute approximate surface area is 166 Å². The maximum absolute atomic E-state index is 12.2. The summed E-state index contributed by atoms with van der Waals surface area (Å²) in [6.07, 6.45) is 0.00275. The van der Waals surface area contributed by atoms with Crippen LogP contribution in [0.15, 0.2) is 68.3 Å². The van der Waals surface area contributed by atoms with E-state index in [4.69, 9.17) is 39.5 Å². The zero-order chi connectivity index (χ0) is 17.7. The molecule has 8 heteroatoms. The molecule has 3 nitrogen and oxygen atoms in total. The molecule has 0 radical (unpaired) electrons. The molecular formula is C16H13BrCl3NO2S. The van der Waals surface area contributed by atoms with Gasteiger partial charge in [0.15, 0.2) is 6.10 Å². The van der Waals surface area contributed by atoms with Gasteiger partial charge in [-0.1, -0.05) is 91.8 Å². The molecule has 2 rings (SSSR count). The minimum absolute atomic E-state index is 0.584. The first-order valence-corrected chi connectivity index (χ1v) is 10.2. The molecule has 2 aromatic carbocycles. The van der Waals surface area contributed by atoms with Gasteiger partial charge in [-0.3, -0.25) is 0 Å². The third kappa shape index (κ3) is 5.74. The lowest BCUT2D eigenvalue weighted by molar-refractivity contribution is 0.109. The van der Waals surface area contributed by atoms with E-state index in [0.29, 0.717) is 5.56 Å². The van der Waals surface area contributed by atoms with Gasteiger partial charge in [0.1, 0.15) is 0 Å². The van der Waals surface area contributed by atoms with Crippen molar-refractivity contribution in [2.75, 3.05) is 6.26 Å². The van der Waals surface area contributed by atoms with Gasteiger partial charge in [0.2, 0.25) is 3.79 Å². The number of carbonyl (C=O) groups excluding carboxylic acids is 1. The van der Waals surface area contributed by atoms with Crippen molar-refractivity contribution in [1.82, 2.24) is 0 Å². The number of rotatable bonds is 3. The third-order valence-corrected chi connectivity index (χ3v) is 5.49. The Balaban J connectivity index is 2.19. The highest BCUT2D eigenvalue weighted by atomic mass is 79.9. The van der Waals surface area contributed by atoms with Gasteiger partial charge < -0.3 is 4.74 Å². The fraction of sp³-hybridized carbons (Fsp3) is 0.188. The van der Waals surface area contributed by atoms with E-state index in [0.717, 1.165) is 9.37 Å². The number of amides is 1. The Bertz CT molecular complexity index is 733. The summed E-state index contributed by atoms with van der Waals surface area (Å²) in [5.74, 6) is 0. The summed E-state index contributed by atoms with van der Waals surface area (Å²) in [7, 11) is -0.671. The summed E-state index contributed by atoms with van der Waals surface area (Å²) in [6.45, 7) is 0. The summed E-state index contributed by atoms with van der Waals surface area (Å²) in [4.78, 5) is 13.1. The Morgan fingerprint density at radius 3 is 2.25 bits per heavy atom. The molecule has 2 aromatic rings. The maximum Gasteiger partial charge on any atom is 0.440 e. The zero-order valence-electron chi connectivity index (χ0n) is 12.5. The molecule has 0 aliphatic heterocycles. The van der Waals surface area contributed by atoms with Crippen LogP contribution in [-0.4, -0.2) is 16.1 Å². The van der Waals surface area contributed by atoms with Crippen molar-refractivity contribution in [1.29, 1.82) is 0 Å². The van der Waals surface area contributed by atoms with Gasteiger partial charge in [-0.15, -0.1) is 4.36 Å². The van der Waals surface area contributed by atoms with Crippen LogP contribution in [0.2, 0.25) is 0 Å². The summed E-state index contributed by atoms with van der Waals surface area (Å²) in [5.41, 5.74) is 0.584. The third-order valence-electron chi connectivity index (χ3n) is 2.98. The molecule has 1 amide bonds. The van der Waals surface area contributed by atoms with E-state index in [9.17, 15) is 4.79 Å². The van der Waals surface area contributed by atoms with Crippen molar-refractivity contribution in [3.8, 4) is 0 Å². The van der Waals surface area contributed by atoms with Gasteiger partial charge >= 0.3 is 6.09 Å². The van der Waals surface area contributed by atoms with Crippen molar-refractivity contribution in [3.63, 3.8) is 0 Å². The summed E-state index contributed by atoms with van der Waals surface area (Å²) in [5, 5.41) is 0. The van der Waals surface area contributed by atoms with Crippen LogP contribution in [0.4, 0.5) is 4.79 Å². The number of hydrogen-bond acceptors (Lipinski definition) is 2. The van der Waals surface area contributed by atoms with Gasteiger partial charge in [0, 0.05) is 9.37 Å². The lowest BCUT2D eigenvalue weighted by atomic mass is 10.1. The number of alkyl halides is 3. The first-order valence-electron chi connectivity index (χ1n) is 6.73. The van der Waals surface area contributed by atoms with E-state index in [1.807, 2.05) is 36.6 Å². The lowest BCUT2D eigenvalue weighted by Gasteiger charge is -2.23. The minimum Gasteiger partial charge on any atom is -0.435 e. The SMILES string of the molecule is C/S(=N\C(=O)O[C@@H](c1ccccc1)C(Cl)(Cl)Cl)c1ccc(Br)cc1. The van der Waals surface area contributed by atoms with Crippen LogP contribution in [0.3, 0.4) is 0 Å². The molecular weight excluding hydrogens is 457 g/mol. The molecule has 0 heterocycles. The van der Waals surface area contributed by atoms with Gasteiger partial charge in [-0.25, -0.2) is 4.79 Å². The largest absolute Gasteiger partial charge is 0.440 e. The van der Waals surface area contributed by atoms with Gasteiger partial charge in [0.05, 0.1) is 0 Å². The van der Waals surface area contributed by atoms with Crippen molar-refractivity contribution in [2.24, 2.45) is 4.36 Å². The van der Waals surface area contributed by atoms with E-state index in [2.05, 4.69) is 20.3 Å². The van der Waals surface area contributed by atoms with E-state index in [1.165, 1.54) is 0 Å². The van der Waals surface area contributed by atoms with Crippen LogP contribution in [0.1, 0.15) is 11.7 Å². The molecule has 0 aliphatic rings. The van der Waals surface area contributed by atoms with E-state index < -0.39 is 26.7 Å². The Kier molecular flexibility index (Phi) is 7.13. The fourth-order valence-corrected chi connectivity index (χ4v) is 3.55. The highest BCUT2D eigenvalue weighted by molar-refractivity contribution is 9.10. The second-order valence-corrected chi connectivity index (χ2v) is 9.63. The average molecular weight is 470 g/mol. The monoisotopic (exact) mass is 467 g/mol. The average Bonchev–Trinajstić information content (AvgIpc) is 2.53. The summed E-state index contributed by atoms with van der Waals surface area (Å²) in [6, 6.07) is 16.3. The Morgan fingerprint density at radius 2 is 1.71 bits per heavy atom. The predicted octanol–water partition coefficient (Wildman–Crippen LogP) is 6.49. The van der Waals surface area contributed by atoms with Gasteiger partial charge in [-0.2, -0.15) is 0 Å². The molecule has 0 saturated carbocycles. The van der Waals surface area contributed by atoms with Crippen LogP contribution in [0.5, 0.6) is 0 Å². The van der Waals surface area contributed by atoms with E-state index in [-0.39, 0.29) is 0 Å². The number of hydrogen-bond donors (Lipinski definition) is 0. The molecule has 1 unspecified atom stereocenters. The normalized spacial score (nSPS) is 14.2. The van der Waals surface area contributed by atoms with Gasteiger partial charge in [-0.05, 0) is 36.1 Å². The number of nitrogens with zero attached hydrogens (tertiary/aromatic N) is 1. The molecule has 0 aromatic heterocycles. The highest BCUT2D eigenvalue weighted by Gasteiger charge is 2.37. The maximum atomic E-state index is 12.2. The van der Waals surface area contributed by atoms with Crippen LogP contribution in [0.25, 0.3) is 0 Å². The van der Waals surface area contributed by atoms with Crippen molar-refractivity contribution >= 4 is 67.5 Å². The smallest absolute Gasteiger partial charge is 0.435 e. The zero-order valence-corrected chi connectivity index (χ0v) is 17.1. The molecule has 0 bridgehead atoms. The lowest BCUT2D eigenvalue weighted by Crippen LogP contribution is -2.22. The first kappa shape index (κ1) is 19.7. The molecule has 128 valence electrons. The molecule has 0 saturated heterocycles. The van der Waals surface area contributed by atoms with Crippen LogP contribution in [0, 0.1) is 0 Å². The Morgan fingerprint density at radius 1 is 1.12 bits per heavy atom. The number of ether oxygens (including phenoxy) is 1. The second kappa shape index (κ2) is 8.68. The highest BCUT2D eigenvalue weighted by Crippen LogP contribution is 2.42. The summed E-state index contributed by atoms with van der Waals surface area (Å²) < 4.78 is 8.50. The topological polar surface area (TPSA) is 38.7 Å². The molecule has 0 spiro atoms. The van der Waals surface area contributed by atoms with Crippen molar-refractivity contribution in [3.05, 3.63) is 64.6 Å². The second-order valence-electron chi connectivity index (χ2n) is 4.74. The van der Waals surface area contributed by atoms with E-state index in [1.54, 1.807) is 24.3 Å². The fourth-order valence-electron chi connectivity index (χ4n) is 1.87. The standard InChI is InChI=1S/C16H13BrCl3NO2S/c1-24(13-9-7-12(17)8-10-13)21-15(22)23-14(16(18,19)20)11-5-3-2-4-6-11/h2-10,14H,1H3/t14-,24?/m0/s1. The number of benzene rings is 2. The predicted molar refractivity (Wildman–Crippen MR) is 104 cm³/mol. The molecule has 0 fully saturated rings. The van der Waals surface area contributed by atoms with Crippen molar-refractivity contribution < 1.29 is 9.53 Å². The number of halogens is 4. The van der Waals surface area contributed by atoms with Gasteiger partial charge in [0.25, 0.3) is 0 Å². The molecule has 2 atom stereocenters. The van der Waals surface area contributed by atoms with E-state index >= 15 is 0 Å². The summed E-state index contributed by atoms with van der Waals surface area (Å²) >= 11 is 21.2. The van der Waals surface area contributed by atoms with Crippen LogP contribution in [-0.2, 0) is 15.4 Å². The quantitative estimate of drug-likeness (QED) is 0.482. The van der Waals surface area contributed by atoms with Crippen LogP contribution < -0.4 is 0 Å². The number of carbonyl (C=O) groups is 1. The molecule has 0 aliphatic carbocycles. The molecule has 24 heavy (non-hydrogen) atoms. The molecule has 0 N–H and O–H groups in total.